The maximum absolute atomic E-state index is 11.9. The average molecular weight is 392 g/mol. The van der Waals surface area contributed by atoms with E-state index in [4.69, 9.17) is 27.9 Å². The normalized spacial score (nSPS) is 10.4. The Bertz CT molecular complexity index is 853. The third-order valence-corrected chi connectivity index (χ3v) is 3.77. The molecule has 8 heteroatoms. The van der Waals surface area contributed by atoms with E-state index in [1.807, 2.05) is 0 Å². The molecule has 0 aliphatic rings. The number of carbonyl (C=O) groups is 2. The molecule has 0 spiro atoms. The number of hydrogen-bond donors (Lipinski definition) is 2. The summed E-state index contributed by atoms with van der Waals surface area (Å²) in [6.07, 6.45) is 2.99. The highest BCUT2D eigenvalue weighted by Gasteiger charge is 2.13. The summed E-state index contributed by atoms with van der Waals surface area (Å²) < 4.78 is 5.47. The minimum Gasteiger partial charge on any atom is -0.489 e. The number of carbonyl (C=O) groups excluding carboxylic acids is 2. The molecule has 2 aromatic carbocycles. The summed E-state index contributed by atoms with van der Waals surface area (Å²) in [5.41, 5.74) is 3.12. The Balaban J connectivity index is 1.95. The number of rotatable bonds is 6. The van der Waals surface area contributed by atoms with Gasteiger partial charge in [-0.05, 0) is 30.3 Å². The summed E-state index contributed by atoms with van der Waals surface area (Å²) in [7, 11) is 0. The Kier molecular flexibility index (Phi) is 7.20. The largest absolute Gasteiger partial charge is 0.489 e. The Morgan fingerprint density at radius 2 is 1.88 bits per heavy atom. The first-order valence-electron chi connectivity index (χ1n) is 7.43. The molecular weight excluding hydrogens is 377 g/mol. The van der Waals surface area contributed by atoms with E-state index in [-0.39, 0.29) is 5.02 Å². The zero-order chi connectivity index (χ0) is 18.9. The highest BCUT2D eigenvalue weighted by Crippen LogP contribution is 2.24. The first-order chi connectivity index (χ1) is 12.5. The molecule has 0 aliphatic carbocycles. The second-order valence-corrected chi connectivity index (χ2v) is 5.73. The molecule has 0 atom stereocenters. The average Bonchev–Trinajstić information content (AvgIpc) is 2.63. The van der Waals surface area contributed by atoms with Crippen LogP contribution in [0.1, 0.15) is 5.56 Å². The third-order valence-electron chi connectivity index (χ3n) is 3.03. The predicted octanol–water partition coefficient (Wildman–Crippen LogP) is 3.65. The van der Waals surface area contributed by atoms with Crippen molar-refractivity contribution in [1.82, 2.24) is 5.43 Å². The Labute approximate surface area is 160 Å². The highest BCUT2D eigenvalue weighted by atomic mass is 35.5. The summed E-state index contributed by atoms with van der Waals surface area (Å²) in [4.78, 5) is 23.7. The molecule has 2 rings (SSSR count). The van der Waals surface area contributed by atoms with Gasteiger partial charge in [0.05, 0.1) is 16.3 Å². The lowest BCUT2D eigenvalue weighted by Crippen LogP contribution is -2.32. The zero-order valence-electron chi connectivity index (χ0n) is 13.5. The number of hydrazone groups is 1. The number of halogens is 2. The molecule has 0 saturated carbocycles. The molecule has 2 N–H and O–H groups in total. The van der Waals surface area contributed by atoms with Crippen LogP contribution in [-0.2, 0) is 9.59 Å². The van der Waals surface area contributed by atoms with Crippen LogP contribution in [0.4, 0.5) is 5.69 Å². The standard InChI is InChI=1S/C18H15Cl2N3O3/c1-2-9-26-16-6-4-3-5-12(16)11-21-23-18(25)17(24)22-13-7-8-14(19)15(20)10-13/h2-8,10-11H,1,9H2,(H,22,24)(H,23,25)/b21-11+. The van der Waals surface area contributed by atoms with Crippen molar-refractivity contribution in [1.29, 1.82) is 0 Å². The summed E-state index contributed by atoms with van der Waals surface area (Å²) in [6, 6.07) is 11.6. The van der Waals surface area contributed by atoms with Crippen molar-refractivity contribution < 1.29 is 14.3 Å². The second kappa shape index (κ2) is 9.60. The fraction of sp³-hybridized carbons (Fsp3) is 0.0556. The van der Waals surface area contributed by atoms with Crippen LogP contribution in [-0.4, -0.2) is 24.6 Å². The summed E-state index contributed by atoms with van der Waals surface area (Å²) >= 11 is 11.6. The van der Waals surface area contributed by atoms with Crippen molar-refractivity contribution in [2.75, 3.05) is 11.9 Å². The molecule has 134 valence electrons. The maximum atomic E-state index is 11.9. The van der Waals surface area contributed by atoms with E-state index in [0.29, 0.717) is 28.6 Å². The lowest BCUT2D eigenvalue weighted by molar-refractivity contribution is -0.136. The summed E-state index contributed by atoms with van der Waals surface area (Å²) in [6.45, 7) is 3.92. The summed E-state index contributed by atoms with van der Waals surface area (Å²) in [5, 5.41) is 6.77. The minimum atomic E-state index is -0.934. The van der Waals surface area contributed by atoms with Crippen LogP contribution >= 0.6 is 23.2 Å². The number of nitrogens with one attached hydrogen (secondary N) is 2. The number of para-hydroxylation sites is 1. The molecule has 0 aromatic heterocycles. The Morgan fingerprint density at radius 1 is 1.12 bits per heavy atom. The molecule has 0 bridgehead atoms. The van der Waals surface area contributed by atoms with Gasteiger partial charge in [0, 0.05) is 11.3 Å². The van der Waals surface area contributed by atoms with Crippen molar-refractivity contribution in [3.8, 4) is 5.75 Å². The number of anilines is 1. The van der Waals surface area contributed by atoms with Crippen molar-refractivity contribution in [3.05, 3.63) is 70.7 Å². The van der Waals surface area contributed by atoms with Crippen LogP contribution in [0.2, 0.25) is 10.0 Å². The lowest BCUT2D eigenvalue weighted by Gasteiger charge is -2.06. The maximum Gasteiger partial charge on any atom is 0.329 e. The third kappa shape index (κ3) is 5.61. The van der Waals surface area contributed by atoms with E-state index in [1.165, 1.54) is 24.4 Å². The second-order valence-electron chi connectivity index (χ2n) is 4.92. The van der Waals surface area contributed by atoms with Crippen molar-refractivity contribution in [2.24, 2.45) is 5.10 Å². The van der Waals surface area contributed by atoms with Crippen LogP contribution in [0.25, 0.3) is 0 Å². The van der Waals surface area contributed by atoms with Crippen LogP contribution in [0.15, 0.2) is 60.2 Å². The van der Waals surface area contributed by atoms with E-state index in [1.54, 1.807) is 30.3 Å². The molecule has 2 amide bonds. The molecule has 2 aromatic rings. The van der Waals surface area contributed by atoms with Crippen molar-refractivity contribution in [3.63, 3.8) is 0 Å². The molecule has 0 unspecified atom stereocenters. The number of benzene rings is 2. The number of amides is 2. The van der Waals surface area contributed by atoms with Gasteiger partial charge in [-0.15, -0.1) is 0 Å². The fourth-order valence-corrected chi connectivity index (χ4v) is 2.14. The Hall–Kier alpha value is -2.83. The topological polar surface area (TPSA) is 79.8 Å². The molecule has 0 fully saturated rings. The first kappa shape index (κ1) is 19.5. The van der Waals surface area contributed by atoms with Gasteiger partial charge in [-0.2, -0.15) is 5.10 Å². The zero-order valence-corrected chi connectivity index (χ0v) is 15.1. The van der Waals surface area contributed by atoms with Crippen LogP contribution < -0.4 is 15.5 Å². The SMILES string of the molecule is C=CCOc1ccccc1/C=N/NC(=O)C(=O)Nc1ccc(Cl)c(Cl)c1. The minimum absolute atomic E-state index is 0.263. The molecule has 0 aliphatic heterocycles. The predicted molar refractivity (Wildman–Crippen MR) is 103 cm³/mol. The quantitative estimate of drug-likeness (QED) is 0.341. The van der Waals surface area contributed by atoms with Gasteiger partial charge >= 0.3 is 11.8 Å². The van der Waals surface area contributed by atoms with Gasteiger partial charge in [0.25, 0.3) is 0 Å². The van der Waals surface area contributed by atoms with Crippen molar-refractivity contribution >= 4 is 46.9 Å². The highest BCUT2D eigenvalue weighted by molar-refractivity contribution is 6.42. The van der Waals surface area contributed by atoms with Gasteiger partial charge in [0.15, 0.2) is 0 Å². The Morgan fingerprint density at radius 3 is 2.62 bits per heavy atom. The van der Waals surface area contributed by atoms with Crippen molar-refractivity contribution in [2.45, 2.75) is 0 Å². The van der Waals surface area contributed by atoms with Gasteiger partial charge in [-0.1, -0.05) is 48.0 Å². The van der Waals surface area contributed by atoms with Gasteiger partial charge in [-0.25, -0.2) is 5.43 Å². The lowest BCUT2D eigenvalue weighted by atomic mass is 10.2. The molecule has 0 radical (unpaired) electrons. The van der Waals surface area contributed by atoms with Gasteiger partial charge in [-0.3, -0.25) is 9.59 Å². The van der Waals surface area contributed by atoms with Gasteiger partial charge in [0.1, 0.15) is 12.4 Å². The fourth-order valence-electron chi connectivity index (χ4n) is 1.84. The molecular formula is C18H15Cl2N3O3. The van der Waals surface area contributed by atoms with Gasteiger partial charge < -0.3 is 10.1 Å². The summed E-state index contributed by atoms with van der Waals surface area (Å²) in [5.74, 6) is -1.25. The smallest absolute Gasteiger partial charge is 0.329 e. The van der Waals surface area contributed by atoms with Crippen LogP contribution in [0.3, 0.4) is 0 Å². The number of ether oxygens (including phenoxy) is 1. The van der Waals surface area contributed by atoms with E-state index in [9.17, 15) is 9.59 Å². The van der Waals surface area contributed by atoms with E-state index in [2.05, 4.69) is 22.4 Å². The molecule has 0 heterocycles. The van der Waals surface area contributed by atoms with E-state index >= 15 is 0 Å². The molecule has 6 nitrogen and oxygen atoms in total. The van der Waals surface area contributed by atoms with Crippen LogP contribution in [0, 0.1) is 0 Å². The van der Waals surface area contributed by atoms with E-state index in [0.717, 1.165) is 0 Å². The molecule has 26 heavy (non-hydrogen) atoms. The molecule has 0 saturated heterocycles. The number of hydrogen-bond acceptors (Lipinski definition) is 4. The van der Waals surface area contributed by atoms with E-state index < -0.39 is 11.8 Å². The number of nitrogens with zero attached hydrogens (tertiary/aromatic N) is 1. The van der Waals surface area contributed by atoms with Gasteiger partial charge in [0.2, 0.25) is 0 Å². The monoisotopic (exact) mass is 391 g/mol. The van der Waals surface area contributed by atoms with Crippen LogP contribution in [0.5, 0.6) is 5.75 Å². The first-order valence-corrected chi connectivity index (χ1v) is 8.19.